The number of benzene rings is 6. The summed E-state index contributed by atoms with van der Waals surface area (Å²) in [6.07, 6.45) is 11.8. The predicted octanol–water partition coefficient (Wildman–Crippen LogP) is 10.1. The molecule has 0 fully saturated rings. The van der Waals surface area contributed by atoms with Gasteiger partial charge < -0.3 is 9.47 Å². The molecule has 0 spiro atoms. The Kier molecular flexibility index (Phi) is 8.77. The molecule has 0 N–H and O–H groups in total. The van der Waals surface area contributed by atoms with E-state index in [9.17, 15) is 19.2 Å². The van der Waals surface area contributed by atoms with E-state index in [1.54, 1.807) is 37.4 Å². The van der Waals surface area contributed by atoms with Crippen molar-refractivity contribution in [3.8, 4) is 11.5 Å². The number of anilines is 1. The summed E-state index contributed by atoms with van der Waals surface area (Å²) < 4.78 is 10.9. The maximum atomic E-state index is 14.2. The molecule has 2 heterocycles. The van der Waals surface area contributed by atoms with Crippen molar-refractivity contribution in [2.45, 2.75) is 71.1 Å². The van der Waals surface area contributed by atoms with Crippen LogP contribution < -0.4 is 14.4 Å². The van der Waals surface area contributed by atoms with E-state index in [0.717, 1.165) is 56.5 Å². The summed E-state index contributed by atoms with van der Waals surface area (Å²) in [6.45, 7) is 2.65. The average molecular weight is 695 g/mol. The Morgan fingerprint density at radius 1 is 0.481 bits per heavy atom. The van der Waals surface area contributed by atoms with Gasteiger partial charge in [-0.3, -0.25) is 24.1 Å². The van der Waals surface area contributed by atoms with Crippen LogP contribution in [-0.2, 0) is 0 Å². The van der Waals surface area contributed by atoms with E-state index in [2.05, 4.69) is 6.92 Å². The van der Waals surface area contributed by atoms with E-state index in [-0.39, 0.29) is 11.8 Å². The van der Waals surface area contributed by atoms with Crippen LogP contribution in [0.25, 0.3) is 43.1 Å². The third-order valence-electron chi connectivity index (χ3n) is 11.1. The Morgan fingerprint density at radius 3 is 1.37 bits per heavy atom. The molecule has 0 saturated carbocycles. The number of fused-ring (bicyclic) bond motifs is 2. The van der Waals surface area contributed by atoms with E-state index in [1.807, 2.05) is 36.4 Å². The number of methoxy groups -OCH3 is 2. The van der Waals surface area contributed by atoms with Gasteiger partial charge in [0.15, 0.2) is 0 Å². The summed E-state index contributed by atoms with van der Waals surface area (Å²) in [5, 5.41) is 6.39. The Bertz CT molecular complexity index is 2310. The van der Waals surface area contributed by atoms with Crippen molar-refractivity contribution < 1.29 is 28.7 Å². The minimum atomic E-state index is -0.445. The summed E-state index contributed by atoms with van der Waals surface area (Å²) in [4.78, 5) is 58.8. The minimum absolute atomic E-state index is 0.251. The highest BCUT2D eigenvalue weighted by Crippen LogP contribution is 2.47. The first kappa shape index (κ1) is 33.6. The maximum absolute atomic E-state index is 14.2. The highest BCUT2D eigenvalue weighted by Gasteiger charge is 2.38. The first-order valence-electron chi connectivity index (χ1n) is 18.6. The van der Waals surface area contributed by atoms with E-state index in [1.165, 1.54) is 57.0 Å². The molecule has 0 aliphatic carbocycles. The van der Waals surface area contributed by atoms with Crippen LogP contribution >= 0.6 is 0 Å². The smallest absolute Gasteiger partial charge is 0.266 e. The SMILES string of the molecule is CCCCCCCCCCCCN1C(=O)c2ccc3c4ccc5c6c(ccc(c7ccc(c2c37)C1=O)c64)C(=O)N(c1ccc(OC)cc1OC)C5=O. The number of unbranched alkanes of at least 4 members (excludes halogenated alkanes) is 9. The van der Waals surface area contributed by atoms with Crippen molar-refractivity contribution in [2.24, 2.45) is 0 Å². The van der Waals surface area contributed by atoms with Gasteiger partial charge in [-0.1, -0.05) is 89.0 Å². The van der Waals surface area contributed by atoms with Gasteiger partial charge in [0.1, 0.15) is 11.5 Å². The lowest BCUT2D eigenvalue weighted by atomic mass is 9.82. The number of carbonyl (C=O) groups excluding carboxylic acids is 4. The Morgan fingerprint density at radius 2 is 0.923 bits per heavy atom. The number of nitrogens with zero attached hydrogens (tertiary/aromatic N) is 2. The van der Waals surface area contributed by atoms with Gasteiger partial charge in [-0.05, 0) is 75.1 Å². The third-order valence-corrected chi connectivity index (χ3v) is 11.1. The van der Waals surface area contributed by atoms with Crippen molar-refractivity contribution in [3.63, 3.8) is 0 Å². The molecule has 8 nitrogen and oxygen atoms in total. The molecule has 0 unspecified atom stereocenters. The van der Waals surface area contributed by atoms with Gasteiger partial charge >= 0.3 is 0 Å². The molecule has 0 radical (unpaired) electrons. The molecule has 2 aliphatic heterocycles. The number of hydrogen-bond donors (Lipinski definition) is 0. The van der Waals surface area contributed by atoms with Gasteiger partial charge in [-0.25, -0.2) is 4.90 Å². The van der Waals surface area contributed by atoms with Gasteiger partial charge in [0.2, 0.25) is 0 Å². The zero-order chi connectivity index (χ0) is 36.1. The summed E-state index contributed by atoms with van der Waals surface area (Å²) in [6, 6.07) is 19.9. The Balaban J connectivity index is 1.13. The van der Waals surface area contributed by atoms with E-state index >= 15 is 0 Å². The van der Waals surface area contributed by atoms with E-state index < -0.39 is 11.8 Å². The second-order valence-corrected chi connectivity index (χ2v) is 14.1. The van der Waals surface area contributed by atoms with Crippen LogP contribution in [0.2, 0.25) is 0 Å². The highest BCUT2D eigenvalue weighted by molar-refractivity contribution is 6.43. The second-order valence-electron chi connectivity index (χ2n) is 14.1. The monoisotopic (exact) mass is 694 g/mol. The van der Waals surface area contributed by atoms with Crippen molar-refractivity contribution in [2.75, 3.05) is 25.7 Å². The van der Waals surface area contributed by atoms with Crippen LogP contribution in [0.5, 0.6) is 11.5 Å². The van der Waals surface area contributed by atoms with Crippen molar-refractivity contribution >= 4 is 72.4 Å². The number of rotatable bonds is 14. The molecule has 8 rings (SSSR count). The fourth-order valence-corrected chi connectivity index (χ4v) is 8.47. The summed E-state index contributed by atoms with van der Waals surface area (Å²) >= 11 is 0. The second kappa shape index (κ2) is 13.6. The zero-order valence-corrected chi connectivity index (χ0v) is 30.0. The van der Waals surface area contributed by atoms with Gasteiger partial charge in [-0.2, -0.15) is 0 Å². The molecule has 0 saturated heterocycles. The standard InChI is InChI=1S/C44H42N2O6/c1-4-5-6-7-8-9-10-11-12-13-24-45-41(47)31-19-15-27-29-17-21-33-40-34(44(50)46(43(33)49)35-23-14-26(51-2)25-36(35)52-3)22-18-30(38(29)40)28-16-20-32(42(45)48)39(31)37(27)28/h14-23,25H,4-13,24H2,1-3H3. The summed E-state index contributed by atoms with van der Waals surface area (Å²) in [5.74, 6) is -0.508. The molecular weight excluding hydrogens is 652 g/mol. The predicted molar refractivity (Wildman–Crippen MR) is 206 cm³/mol. The molecule has 8 heteroatoms. The normalized spacial score (nSPS) is 14.2. The minimum Gasteiger partial charge on any atom is -0.497 e. The lowest BCUT2D eigenvalue weighted by molar-refractivity contribution is 0.0607. The third kappa shape index (κ3) is 5.18. The van der Waals surface area contributed by atoms with Crippen LogP contribution in [0.15, 0.2) is 66.7 Å². The first-order chi connectivity index (χ1) is 25.4. The molecule has 264 valence electrons. The summed E-state index contributed by atoms with van der Waals surface area (Å²) in [5.41, 5.74) is 2.22. The van der Waals surface area contributed by atoms with Crippen LogP contribution in [0.3, 0.4) is 0 Å². The molecule has 52 heavy (non-hydrogen) atoms. The lowest BCUT2D eigenvalue weighted by Crippen LogP contribution is -2.41. The molecule has 0 atom stereocenters. The van der Waals surface area contributed by atoms with Gasteiger partial charge in [0.25, 0.3) is 23.6 Å². The highest BCUT2D eigenvalue weighted by atomic mass is 16.5. The van der Waals surface area contributed by atoms with Crippen molar-refractivity contribution in [1.82, 2.24) is 4.90 Å². The maximum Gasteiger partial charge on any atom is 0.266 e. The average Bonchev–Trinajstić information content (AvgIpc) is 3.17. The number of imide groups is 2. The van der Waals surface area contributed by atoms with Crippen molar-refractivity contribution in [1.29, 1.82) is 0 Å². The number of carbonyl (C=O) groups is 4. The fraction of sp³-hybridized carbons (Fsp3) is 0.318. The largest absolute Gasteiger partial charge is 0.497 e. The Labute approximate surface area is 302 Å². The van der Waals surface area contributed by atoms with Gasteiger partial charge in [-0.15, -0.1) is 0 Å². The van der Waals surface area contributed by atoms with E-state index in [4.69, 9.17) is 9.47 Å². The van der Waals surface area contributed by atoms with Crippen molar-refractivity contribution in [3.05, 3.63) is 89.0 Å². The number of ether oxygens (including phenoxy) is 2. The zero-order valence-electron chi connectivity index (χ0n) is 30.0. The molecule has 0 bridgehead atoms. The van der Waals surface area contributed by atoms with E-state index in [0.29, 0.717) is 56.8 Å². The fourth-order valence-electron chi connectivity index (χ4n) is 8.47. The van der Waals surface area contributed by atoms with Crippen LogP contribution in [0.4, 0.5) is 5.69 Å². The molecule has 6 aromatic rings. The van der Waals surface area contributed by atoms with Gasteiger partial charge in [0, 0.05) is 45.6 Å². The molecule has 6 aromatic carbocycles. The Hall–Kier alpha value is -5.50. The van der Waals surface area contributed by atoms with Gasteiger partial charge in [0.05, 0.1) is 19.9 Å². The van der Waals surface area contributed by atoms with Crippen LogP contribution in [-0.4, -0.2) is 49.3 Å². The summed E-state index contributed by atoms with van der Waals surface area (Å²) in [7, 11) is 3.03. The quantitative estimate of drug-likeness (QED) is 0.0488. The molecule has 2 aliphatic rings. The first-order valence-corrected chi connectivity index (χ1v) is 18.6. The topological polar surface area (TPSA) is 93.2 Å². The van der Waals surface area contributed by atoms with Crippen LogP contribution in [0.1, 0.15) is 113 Å². The number of hydrogen-bond acceptors (Lipinski definition) is 6. The lowest BCUT2D eigenvalue weighted by Gasteiger charge is -2.30. The number of amides is 4. The molecular formula is C44H42N2O6. The van der Waals surface area contributed by atoms with Crippen LogP contribution in [0, 0.1) is 0 Å². The molecule has 4 amide bonds. The molecule has 0 aromatic heterocycles.